The molecule has 0 aromatic heterocycles. The van der Waals surface area contributed by atoms with Gasteiger partial charge in [-0.05, 0) is 41.8 Å². The summed E-state index contributed by atoms with van der Waals surface area (Å²) < 4.78 is 5.08. The van der Waals surface area contributed by atoms with E-state index in [0.717, 1.165) is 23.3 Å². The van der Waals surface area contributed by atoms with Gasteiger partial charge in [0.25, 0.3) is 5.69 Å². The van der Waals surface area contributed by atoms with Crippen molar-refractivity contribution in [1.82, 2.24) is 0 Å². The van der Waals surface area contributed by atoms with Crippen molar-refractivity contribution in [1.29, 1.82) is 0 Å². The Hall–Kier alpha value is -2.25. The van der Waals surface area contributed by atoms with E-state index >= 15 is 0 Å². The van der Waals surface area contributed by atoms with Crippen LogP contribution in [0.25, 0.3) is 0 Å². The highest BCUT2D eigenvalue weighted by Crippen LogP contribution is 2.29. The van der Waals surface area contributed by atoms with Crippen LogP contribution in [0, 0.1) is 10.1 Å². The number of nitrogens with two attached hydrogens (primary N) is 1. The van der Waals surface area contributed by atoms with Crippen molar-refractivity contribution in [2.45, 2.75) is 11.4 Å². The third kappa shape index (κ3) is 3.87. The van der Waals surface area contributed by atoms with Gasteiger partial charge in [0, 0.05) is 17.5 Å². The summed E-state index contributed by atoms with van der Waals surface area (Å²) in [6.07, 6.45) is 0. The Morgan fingerprint density at radius 2 is 2.00 bits per heavy atom. The standard InChI is InChI=1S/C14H15N3O3S/c1-20-11-4-2-10(3-5-11)9-16-13-7-6-12(21-15)8-14(13)17(18)19/h2-8,16H,9,15H2,1H3. The number of benzene rings is 2. The van der Waals surface area contributed by atoms with Gasteiger partial charge in [0.05, 0.1) is 12.0 Å². The van der Waals surface area contributed by atoms with E-state index in [9.17, 15) is 10.1 Å². The van der Waals surface area contributed by atoms with Crippen LogP contribution in [0.15, 0.2) is 47.4 Å². The Bertz CT molecular complexity index is 632. The number of anilines is 1. The monoisotopic (exact) mass is 305 g/mol. The van der Waals surface area contributed by atoms with Gasteiger partial charge in [-0.1, -0.05) is 12.1 Å². The van der Waals surface area contributed by atoms with E-state index in [1.54, 1.807) is 19.2 Å². The lowest BCUT2D eigenvalue weighted by Gasteiger charge is -2.08. The molecule has 0 atom stereocenters. The zero-order valence-electron chi connectivity index (χ0n) is 11.4. The zero-order chi connectivity index (χ0) is 15.2. The van der Waals surface area contributed by atoms with Crippen LogP contribution in [0.2, 0.25) is 0 Å². The Labute approximate surface area is 126 Å². The molecule has 3 N–H and O–H groups in total. The first-order chi connectivity index (χ1) is 10.1. The Balaban J connectivity index is 2.13. The number of hydrogen-bond acceptors (Lipinski definition) is 6. The lowest BCUT2D eigenvalue weighted by Crippen LogP contribution is -2.03. The maximum Gasteiger partial charge on any atom is 0.293 e. The number of nitrogens with one attached hydrogen (secondary N) is 1. The third-order valence-corrected chi connectivity index (χ3v) is 3.47. The summed E-state index contributed by atoms with van der Waals surface area (Å²) in [6, 6.07) is 12.4. The Morgan fingerprint density at radius 1 is 1.29 bits per heavy atom. The number of methoxy groups -OCH3 is 1. The van der Waals surface area contributed by atoms with Gasteiger partial charge in [-0.2, -0.15) is 0 Å². The van der Waals surface area contributed by atoms with Gasteiger partial charge in [0.1, 0.15) is 11.4 Å². The molecule has 0 bridgehead atoms. The first-order valence-corrected chi connectivity index (χ1v) is 7.04. The quantitative estimate of drug-likeness (QED) is 0.484. The molecule has 0 fully saturated rings. The summed E-state index contributed by atoms with van der Waals surface area (Å²) in [4.78, 5) is 11.3. The van der Waals surface area contributed by atoms with Gasteiger partial charge >= 0.3 is 0 Å². The van der Waals surface area contributed by atoms with Crippen LogP contribution in [-0.4, -0.2) is 12.0 Å². The highest BCUT2D eigenvalue weighted by atomic mass is 32.2. The van der Waals surface area contributed by atoms with Crippen molar-refractivity contribution in [2.24, 2.45) is 5.14 Å². The molecule has 0 aliphatic heterocycles. The summed E-state index contributed by atoms with van der Waals surface area (Å²) in [5.74, 6) is 0.772. The molecular formula is C14H15N3O3S. The van der Waals surface area contributed by atoms with E-state index in [1.807, 2.05) is 24.3 Å². The van der Waals surface area contributed by atoms with Gasteiger partial charge in [-0.3, -0.25) is 15.3 Å². The highest BCUT2D eigenvalue weighted by Gasteiger charge is 2.14. The van der Waals surface area contributed by atoms with Crippen molar-refractivity contribution in [2.75, 3.05) is 12.4 Å². The molecule has 2 aromatic carbocycles. The van der Waals surface area contributed by atoms with Crippen molar-refractivity contribution < 1.29 is 9.66 Å². The van der Waals surface area contributed by atoms with E-state index in [-0.39, 0.29) is 5.69 Å². The molecule has 0 heterocycles. The Kier molecular flexibility index (Phi) is 5.02. The van der Waals surface area contributed by atoms with Crippen LogP contribution in [-0.2, 0) is 6.54 Å². The van der Waals surface area contributed by atoms with Crippen LogP contribution >= 0.6 is 11.9 Å². The maximum atomic E-state index is 11.1. The number of rotatable bonds is 6. The summed E-state index contributed by atoms with van der Waals surface area (Å²) >= 11 is 0.982. The molecule has 110 valence electrons. The van der Waals surface area contributed by atoms with Gasteiger partial charge < -0.3 is 10.1 Å². The summed E-state index contributed by atoms with van der Waals surface area (Å²) in [6.45, 7) is 0.486. The molecule has 2 aromatic rings. The molecule has 0 unspecified atom stereocenters. The number of nitrogens with zero attached hydrogens (tertiary/aromatic N) is 1. The topological polar surface area (TPSA) is 90.4 Å². The first-order valence-electron chi connectivity index (χ1n) is 6.16. The molecule has 0 amide bonds. The average Bonchev–Trinajstić information content (AvgIpc) is 2.53. The van der Waals surface area contributed by atoms with Crippen LogP contribution in [0.3, 0.4) is 0 Å². The SMILES string of the molecule is COc1ccc(CNc2ccc(SN)cc2[N+](=O)[O-])cc1. The smallest absolute Gasteiger partial charge is 0.293 e. The van der Waals surface area contributed by atoms with Gasteiger partial charge in [-0.25, -0.2) is 0 Å². The van der Waals surface area contributed by atoms with E-state index in [1.165, 1.54) is 6.07 Å². The van der Waals surface area contributed by atoms with Gasteiger partial charge in [0.2, 0.25) is 0 Å². The predicted octanol–water partition coefficient (Wildman–Crippen LogP) is 3.18. The minimum absolute atomic E-state index is 0.0129. The zero-order valence-corrected chi connectivity index (χ0v) is 12.2. The third-order valence-electron chi connectivity index (χ3n) is 2.94. The molecule has 0 saturated carbocycles. The van der Waals surface area contributed by atoms with Crippen LogP contribution in [0.4, 0.5) is 11.4 Å². The number of ether oxygens (including phenoxy) is 1. The van der Waals surface area contributed by atoms with Crippen LogP contribution < -0.4 is 15.2 Å². The lowest BCUT2D eigenvalue weighted by atomic mass is 10.2. The fourth-order valence-electron chi connectivity index (χ4n) is 1.83. The van der Waals surface area contributed by atoms with E-state index in [2.05, 4.69) is 5.32 Å². The molecule has 0 aliphatic carbocycles. The van der Waals surface area contributed by atoms with Crippen LogP contribution in [0.5, 0.6) is 5.75 Å². The van der Waals surface area contributed by atoms with E-state index < -0.39 is 4.92 Å². The van der Waals surface area contributed by atoms with Crippen molar-refractivity contribution in [3.05, 3.63) is 58.1 Å². The fraction of sp³-hybridized carbons (Fsp3) is 0.143. The summed E-state index contributed by atoms with van der Waals surface area (Å²) in [5, 5.41) is 19.6. The van der Waals surface area contributed by atoms with Crippen molar-refractivity contribution in [3.63, 3.8) is 0 Å². The molecule has 0 aliphatic rings. The molecule has 7 heteroatoms. The second-order valence-electron chi connectivity index (χ2n) is 4.26. The van der Waals surface area contributed by atoms with E-state index in [0.29, 0.717) is 17.1 Å². The minimum Gasteiger partial charge on any atom is -0.497 e. The van der Waals surface area contributed by atoms with Gasteiger partial charge in [-0.15, -0.1) is 0 Å². The number of hydrogen-bond donors (Lipinski definition) is 2. The molecule has 2 rings (SSSR count). The lowest BCUT2D eigenvalue weighted by molar-refractivity contribution is -0.384. The molecule has 21 heavy (non-hydrogen) atoms. The molecule has 0 radical (unpaired) electrons. The first kappa shape index (κ1) is 15.1. The number of nitro groups is 1. The molecule has 6 nitrogen and oxygen atoms in total. The Morgan fingerprint density at radius 3 is 2.57 bits per heavy atom. The molecular weight excluding hydrogens is 290 g/mol. The van der Waals surface area contributed by atoms with Gasteiger partial charge in [0.15, 0.2) is 0 Å². The maximum absolute atomic E-state index is 11.1. The average molecular weight is 305 g/mol. The largest absolute Gasteiger partial charge is 0.497 e. The fourth-order valence-corrected chi connectivity index (χ4v) is 2.15. The predicted molar refractivity (Wildman–Crippen MR) is 83.5 cm³/mol. The number of nitro benzene ring substituents is 1. The summed E-state index contributed by atoms with van der Waals surface area (Å²) in [5.41, 5.74) is 1.48. The second-order valence-corrected chi connectivity index (χ2v) is 4.96. The van der Waals surface area contributed by atoms with E-state index in [4.69, 9.17) is 9.88 Å². The van der Waals surface area contributed by atoms with Crippen LogP contribution in [0.1, 0.15) is 5.56 Å². The normalized spacial score (nSPS) is 10.2. The highest BCUT2D eigenvalue weighted by molar-refractivity contribution is 7.97. The van der Waals surface area contributed by atoms with Crippen molar-refractivity contribution in [3.8, 4) is 5.75 Å². The minimum atomic E-state index is -0.421. The summed E-state index contributed by atoms with van der Waals surface area (Å²) in [7, 11) is 1.60. The second kappa shape index (κ2) is 6.96. The molecule has 0 spiro atoms. The van der Waals surface area contributed by atoms with Crippen molar-refractivity contribution >= 4 is 23.3 Å². The molecule has 0 saturated heterocycles.